The molecule has 2 aliphatic heterocycles. The molecule has 1 fully saturated rings. The van der Waals surface area contributed by atoms with Crippen LogP contribution in [0.2, 0.25) is 0 Å². The lowest BCUT2D eigenvalue weighted by atomic mass is 10.1. The maximum absolute atomic E-state index is 11.1. The Bertz CT molecular complexity index is 222. The average molecular weight is 168 g/mol. The van der Waals surface area contributed by atoms with Crippen molar-refractivity contribution in [2.75, 3.05) is 6.61 Å². The van der Waals surface area contributed by atoms with E-state index in [-0.39, 0.29) is 24.1 Å². The van der Waals surface area contributed by atoms with Crippen LogP contribution in [-0.2, 0) is 14.3 Å². The number of hydrogen-bond donors (Lipinski definition) is 0. The number of ether oxygens (including phenoxy) is 2. The van der Waals surface area contributed by atoms with Gasteiger partial charge >= 0.3 is 0 Å². The second-order valence-electron chi connectivity index (χ2n) is 3.08. The summed E-state index contributed by atoms with van der Waals surface area (Å²) >= 11 is 0. The van der Waals surface area contributed by atoms with Crippen molar-refractivity contribution in [1.82, 2.24) is 0 Å². The Labute approximate surface area is 71.3 Å². The van der Waals surface area contributed by atoms with E-state index >= 15 is 0 Å². The van der Waals surface area contributed by atoms with Gasteiger partial charge in [0.25, 0.3) is 0 Å². The first-order chi connectivity index (χ1) is 5.81. The van der Waals surface area contributed by atoms with E-state index < -0.39 is 0 Å². The fourth-order valence-electron chi connectivity index (χ4n) is 1.70. The van der Waals surface area contributed by atoms with Crippen LogP contribution in [0.15, 0.2) is 12.2 Å². The van der Waals surface area contributed by atoms with Gasteiger partial charge in [-0.25, -0.2) is 0 Å². The van der Waals surface area contributed by atoms with Crippen LogP contribution in [0.1, 0.15) is 13.3 Å². The molecule has 2 aliphatic rings. The second kappa shape index (κ2) is 2.99. The summed E-state index contributed by atoms with van der Waals surface area (Å²) in [6, 6.07) is 0. The minimum Gasteiger partial charge on any atom is -0.375 e. The lowest BCUT2D eigenvalue weighted by molar-refractivity contribution is -0.125. The summed E-state index contributed by atoms with van der Waals surface area (Å²) in [5.74, 6) is 0.0773. The van der Waals surface area contributed by atoms with Gasteiger partial charge in [0.2, 0.25) is 0 Å². The molecule has 12 heavy (non-hydrogen) atoms. The fourth-order valence-corrected chi connectivity index (χ4v) is 1.70. The summed E-state index contributed by atoms with van der Waals surface area (Å²) in [6.07, 6.45) is 3.97. The summed E-state index contributed by atoms with van der Waals surface area (Å²) in [7, 11) is 0. The predicted molar refractivity (Wildman–Crippen MR) is 42.8 cm³/mol. The number of hydrogen-bond acceptors (Lipinski definition) is 3. The molecule has 66 valence electrons. The first-order valence-corrected chi connectivity index (χ1v) is 4.30. The van der Waals surface area contributed by atoms with Crippen molar-refractivity contribution in [3.63, 3.8) is 0 Å². The van der Waals surface area contributed by atoms with E-state index in [1.165, 1.54) is 0 Å². The van der Waals surface area contributed by atoms with Crippen LogP contribution in [0.3, 0.4) is 0 Å². The molecule has 1 saturated heterocycles. The molecule has 2 heterocycles. The smallest absolute Gasteiger partial charge is 0.184 e. The molecule has 0 unspecified atom stereocenters. The predicted octanol–water partition coefficient (Wildman–Crippen LogP) is 0.688. The first-order valence-electron chi connectivity index (χ1n) is 4.30. The van der Waals surface area contributed by atoms with Gasteiger partial charge in [0.1, 0.15) is 12.2 Å². The Morgan fingerprint density at radius 1 is 1.75 bits per heavy atom. The van der Waals surface area contributed by atoms with Crippen LogP contribution < -0.4 is 0 Å². The monoisotopic (exact) mass is 168 g/mol. The van der Waals surface area contributed by atoms with Gasteiger partial charge < -0.3 is 9.47 Å². The van der Waals surface area contributed by atoms with E-state index in [2.05, 4.69) is 0 Å². The number of rotatable bonds is 2. The summed E-state index contributed by atoms with van der Waals surface area (Å²) in [5.41, 5.74) is 0. The van der Waals surface area contributed by atoms with Gasteiger partial charge in [-0.1, -0.05) is 0 Å². The first kappa shape index (κ1) is 7.95. The number of ketones is 1. The molecule has 0 N–H and O–H groups in total. The van der Waals surface area contributed by atoms with Crippen LogP contribution in [0.5, 0.6) is 0 Å². The molecule has 2 bridgehead atoms. The van der Waals surface area contributed by atoms with Gasteiger partial charge in [0.05, 0.1) is 6.10 Å². The molecule has 3 heteroatoms. The average Bonchev–Trinajstić information content (AvgIpc) is 2.39. The van der Waals surface area contributed by atoms with Gasteiger partial charge in [0, 0.05) is 13.0 Å². The van der Waals surface area contributed by atoms with Crippen LogP contribution in [0, 0.1) is 0 Å². The quantitative estimate of drug-likeness (QED) is 0.608. The normalized spacial score (nSPS) is 39.1. The van der Waals surface area contributed by atoms with Crippen molar-refractivity contribution >= 4 is 5.78 Å². The highest BCUT2D eigenvalue weighted by Crippen LogP contribution is 2.28. The summed E-state index contributed by atoms with van der Waals surface area (Å²) in [6.45, 7) is 2.63. The Balaban J connectivity index is 2.07. The lowest BCUT2D eigenvalue weighted by Crippen LogP contribution is -2.25. The highest BCUT2D eigenvalue weighted by molar-refractivity contribution is 5.94. The van der Waals surface area contributed by atoms with E-state index in [1.54, 1.807) is 12.2 Å². The molecular formula is C9H12O3. The zero-order valence-corrected chi connectivity index (χ0v) is 7.03. The van der Waals surface area contributed by atoms with E-state index in [0.717, 1.165) is 0 Å². The highest BCUT2D eigenvalue weighted by atomic mass is 16.6. The van der Waals surface area contributed by atoms with Gasteiger partial charge in [-0.2, -0.15) is 0 Å². The molecule has 0 aromatic heterocycles. The van der Waals surface area contributed by atoms with Crippen LogP contribution in [0.4, 0.5) is 0 Å². The SMILES string of the molecule is CCO[C@H]1C[C@@H]2O[C@H]1C=CC2=O. The lowest BCUT2D eigenvalue weighted by Gasteiger charge is -2.15. The fraction of sp³-hybridized carbons (Fsp3) is 0.667. The second-order valence-corrected chi connectivity index (χ2v) is 3.08. The third-order valence-electron chi connectivity index (χ3n) is 2.28. The van der Waals surface area contributed by atoms with Crippen molar-refractivity contribution in [3.05, 3.63) is 12.2 Å². The molecular weight excluding hydrogens is 156 g/mol. The molecule has 0 aromatic carbocycles. The van der Waals surface area contributed by atoms with E-state index in [1.807, 2.05) is 6.92 Å². The number of carbonyl (C=O) groups is 1. The standard InChI is InChI=1S/C9H12O3/c1-2-11-9-5-8-6(10)3-4-7(9)12-8/h3-4,7-9H,2,5H2,1H3/t7-,8-,9-/m0/s1. The van der Waals surface area contributed by atoms with E-state index in [9.17, 15) is 4.79 Å². The van der Waals surface area contributed by atoms with Gasteiger partial charge in [-0.05, 0) is 19.1 Å². The van der Waals surface area contributed by atoms with Crippen molar-refractivity contribution in [1.29, 1.82) is 0 Å². The van der Waals surface area contributed by atoms with E-state index in [4.69, 9.17) is 9.47 Å². The molecule has 0 amide bonds. The molecule has 0 aliphatic carbocycles. The van der Waals surface area contributed by atoms with Crippen LogP contribution in [-0.4, -0.2) is 30.7 Å². The zero-order chi connectivity index (χ0) is 8.55. The maximum atomic E-state index is 11.1. The van der Waals surface area contributed by atoms with Gasteiger partial charge in [-0.3, -0.25) is 4.79 Å². The van der Waals surface area contributed by atoms with E-state index in [0.29, 0.717) is 13.0 Å². The third-order valence-corrected chi connectivity index (χ3v) is 2.28. The number of fused-ring (bicyclic) bond motifs is 2. The Morgan fingerprint density at radius 2 is 2.58 bits per heavy atom. The van der Waals surface area contributed by atoms with Gasteiger partial charge in [-0.15, -0.1) is 0 Å². The summed E-state index contributed by atoms with van der Waals surface area (Å²) in [4.78, 5) is 11.1. The molecule has 0 spiro atoms. The molecule has 3 nitrogen and oxygen atoms in total. The highest BCUT2D eigenvalue weighted by Gasteiger charge is 2.39. The Kier molecular flexibility index (Phi) is 1.98. The Morgan fingerprint density at radius 3 is 3.25 bits per heavy atom. The summed E-state index contributed by atoms with van der Waals surface area (Å²) < 4.78 is 10.8. The largest absolute Gasteiger partial charge is 0.375 e. The van der Waals surface area contributed by atoms with Gasteiger partial charge in [0.15, 0.2) is 5.78 Å². The molecule has 2 rings (SSSR count). The minimum atomic E-state index is -0.239. The van der Waals surface area contributed by atoms with Crippen LogP contribution >= 0.6 is 0 Å². The third kappa shape index (κ3) is 1.19. The van der Waals surface area contributed by atoms with Crippen LogP contribution in [0.25, 0.3) is 0 Å². The van der Waals surface area contributed by atoms with Crippen molar-refractivity contribution in [2.45, 2.75) is 31.7 Å². The maximum Gasteiger partial charge on any atom is 0.184 e. The number of carbonyl (C=O) groups excluding carboxylic acids is 1. The topological polar surface area (TPSA) is 35.5 Å². The zero-order valence-electron chi connectivity index (χ0n) is 7.03. The molecule has 0 radical (unpaired) electrons. The van der Waals surface area contributed by atoms with Crippen molar-refractivity contribution in [3.8, 4) is 0 Å². The summed E-state index contributed by atoms with van der Waals surface area (Å²) in [5, 5.41) is 0. The Hall–Kier alpha value is -0.670. The van der Waals surface area contributed by atoms with Crippen molar-refractivity contribution in [2.24, 2.45) is 0 Å². The molecule has 0 aromatic rings. The van der Waals surface area contributed by atoms with Crippen molar-refractivity contribution < 1.29 is 14.3 Å². The minimum absolute atomic E-state index is 0.00708. The molecule has 0 saturated carbocycles. The molecule has 3 atom stereocenters.